The first kappa shape index (κ1) is 12.3. The number of rotatable bonds is 5. The summed E-state index contributed by atoms with van der Waals surface area (Å²) >= 11 is 2.96. The second kappa shape index (κ2) is 5.97. The van der Waals surface area contributed by atoms with Crippen molar-refractivity contribution in [2.24, 2.45) is 0 Å². The highest BCUT2D eigenvalue weighted by Crippen LogP contribution is 2.28. The SMILES string of the molecule is FC(F)=CCCSc1cc(-c2cccs2)no1. The van der Waals surface area contributed by atoms with Crippen molar-refractivity contribution in [2.75, 3.05) is 5.75 Å². The Balaban J connectivity index is 1.89. The molecule has 17 heavy (non-hydrogen) atoms. The highest BCUT2D eigenvalue weighted by atomic mass is 32.2. The zero-order valence-electron chi connectivity index (χ0n) is 8.73. The molecule has 0 fully saturated rings. The zero-order valence-corrected chi connectivity index (χ0v) is 10.4. The average Bonchev–Trinajstić information content (AvgIpc) is 2.94. The van der Waals surface area contributed by atoms with Crippen LogP contribution in [0.25, 0.3) is 10.6 Å². The van der Waals surface area contributed by atoms with Crippen molar-refractivity contribution < 1.29 is 13.3 Å². The van der Waals surface area contributed by atoms with Crippen molar-refractivity contribution in [3.8, 4) is 10.6 Å². The highest BCUT2D eigenvalue weighted by Gasteiger charge is 2.07. The smallest absolute Gasteiger partial charge is 0.266 e. The van der Waals surface area contributed by atoms with E-state index in [4.69, 9.17) is 4.52 Å². The Morgan fingerprint density at radius 1 is 1.53 bits per heavy atom. The fourth-order valence-electron chi connectivity index (χ4n) is 1.19. The molecule has 0 radical (unpaired) electrons. The topological polar surface area (TPSA) is 26.0 Å². The Morgan fingerprint density at radius 3 is 3.12 bits per heavy atom. The van der Waals surface area contributed by atoms with Gasteiger partial charge in [-0.2, -0.15) is 8.78 Å². The van der Waals surface area contributed by atoms with Crippen LogP contribution >= 0.6 is 23.1 Å². The van der Waals surface area contributed by atoms with E-state index in [1.54, 1.807) is 11.3 Å². The van der Waals surface area contributed by atoms with Crippen molar-refractivity contribution in [1.82, 2.24) is 5.16 Å². The Kier molecular flexibility index (Phi) is 4.33. The molecule has 2 heterocycles. The van der Waals surface area contributed by atoms with Gasteiger partial charge in [-0.1, -0.05) is 23.0 Å². The van der Waals surface area contributed by atoms with Gasteiger partial charge in [0.15, 0.2) is 5.09 Å². The number of nitrogens with zero attached hydrogens (tertiary/aromatic N) is 1. The van der Waals surface area contributed by atoms with Crippen molar-refractivity contribution in [1.29, 1.82) is 0 Å². The van der Waals surface area contributed by atoms with Crippen LogP contribution < -0.4 is 0 Å². The van der Waals surface area contributed by atoms with Gasteiger partial charge in [0.1, 0.15) is 5.69 Å². The number of allylic oxidation sites excluding steroid dienone is 1. The van der Waals surface area contributed by atoms with Crippen LogP contribution in [0.5, 0.6) is 0 Å². The number of halogens is 2. The third kappa shape index (κ3) is 3.67. The molecule has 0 N–H and O–H groups in total. The molecule has 0 aliphatic heterocycles. The molecule has 2 nitrogen and oxygen atoms in total. The number of thioether (sulfide) groups is 1. The standard InChI is InChI=1S/C11H9F2NOS2/c12-10(13)4-2-6-17-11-7-8(14-15-11)9-3-1-5-16-9/h1,3-5,7H,2,6H2. The summed E-state index contributed by atoms with van der Waals surface area (Å²) in [5.41, 5.74) is 0.787. The van der Waals surface area contributed by atoms with Gasteiger partial charge in [0.05, 0.1) is 4.88 Å². The number of hydrogen-bond acceptors (Lipinski definition) is 4. The fraction of sp³-hybridized carbons (Fsp3) is 0.182. The summed E-state index contributed by atoms with van der Waals surface area (Å²) < 4.78 is 28.6. The molecule has 0 amide bonds. The Labute approximate surface area is 105 Å². The van der Waals surface area contributed by atoms with E-state index in [0.717, 1.165) is 16.6 Å². The molecule has 2 aromatic rings. The first-order valence-electron chi connectivity index (χ1n) is 4.90. The van der Waals surface area contributed by atoms with E-state index in [2.05, 4.69) is 5.16 Å². The van der Waals surface area contributed by atoms with Gasteiger partial charge in [0.25, 0.3) is 6.08 Å². The molecule has 0 aromatic carbocycles. The molecular formula is C11H9F2NOS2. The summed E-state index contributed by atoms with van der Waals surface area (Å²) in [4.78, 5) is 1.04. The molecule has 2 rings (SSSR count). The molecule has 0 aliphatic carbocycles. The normalized spacial score (nSPS) is 10.5. The molecular weight excluding hydrogens is 264 g/mol. The first-order valence-corrected chi connectivity index (χ1v) is 6.77. The predicted octanol–water partition coefficient (Wildman–Crippen LogP) is 4.67. The quantitative estimate of drug-likeness (QED) is 0.585. The summed E-state index contributed by atoms with van der Waals surface area (Å²) in [6, 6.07) is 5.72. The van der Waals surface area contributed by atoms with E-state index >= 15 is 0 Å². The van der Waals surface area contributed by atoms with E-state index in [0.29, 0.717) is 17.3 Å². The van der Waals surface area contributed by atoms with Crippen molar-refractivity contribution in [3.05, 3.63) is 35.7 Å². The van der Waals surface area contributed by atoms with E-state index < -0.39 is 6.08 Å². The van der Waals surface area contributed by atoms with Crippen LogP contribution in [-0.2, 0) is 0 Å². The maximum Gasteiger partial charge on any atom is 0.266 e. The molecule has 0 unspecified atom stereocenters. The minimum Gasteiger partial charge on any atom is -0.349 e. The highest BCUT2D eigenvalue weighted by molar-refractivity contribution is 7.99. The molecule has 0 atom stereocenters. The average molecular weight is 273 g/mol. The van der Waals surface area contributed by atoms with Gasteiger partial charge in [0.2, 0.25) is 0 Å². The molecule has 90 valence electrons. The van der Waals surface area contributed by atoms with Gasteiger partial charge in [-0.25, -0.2) is 0 Å². The maximum atomic E-state index is 11.8. The van der Waals surface area contributed by atoms with Gasteiger partial charge in [-0.15, -0.1) is 11.3 Å². The lowest BCUT2D eigenvalue weighted by atomic mass is 10.3. The molecule has 0 saturated heterocycles. The lowest BCUT2D eigenvalue weighted by Crippen LogP contribution is -1.74. The fourth-order valence-corrected chi connectivity index (χ4v) is 2.59. The van der Waals surface area contributed by atoms with E-state index in [1.807, 2.05) is 23.6 Å². The van der Waals surface area contributed by atoms with Crippen molar-refractivity contribution >= 4 is 23.1 Å². The molecule has 0 aliphatic rings. The van der Waals surface area contributed by atoms with Crippen LogP contribution in [0, 0.1) is 0 Å². The molecule has 2 aromatic heterocycles. The van der Waals surface area contributed by atoms with Crippen LogP contribution in [-0.4, -0.2) is 10.9 Å². The maximum absolute atomic E-state index is 11.8. The van der Waals surface area contributed by atoms with E-state index in [9.17, 15) is 8.78 Å². The number of thiophene rings is 1. The zero-order chi connectivity index (χ0) is 12.1. The van der Waals surface area contributed by atoms with Crippen molar-refractivity contribution in [3.63, 3.8) is 0 Å². The largest absolute Gasteiger partial charge is 0.349 e. The summed E-state index contributed by atoms with van der Waals surface area (Å²) in [7, 11) is 0. The van der Waals surface area contributed by atoms with Crippen LogP contribution in [0.4, 0.5) is 8.78 Å². The van der Waals surface area contributed by atoms with Crippen LogP contribution in [0.3, 0.4) is 0 Å². The van der Waals surface area contributed by atoms with E-state index in [1.165, 1.54) is 11.8 Å². The van der Waals surface area contributed by atoms with Gasteiger partial charge in [-0.3, -0.25) is 0 Å². The molecule has 0 bridgehead atoms. The third-order valence-corrected chi connectivity index (χ3v) is 3.73. The lowest BCUT2D eigenvalue weighted by molar-refractivity contribution is 0.351. The summed E-state index contributed by atoms with van der Waals surface area (Å²) in [6.45, 7) is 0. The van der Waals surface area contributed by atoms with Gasteiger partial charge in [-0.05, 0) is 23.9 Å². The summed E-state index contributed by atoms with van der Waals surface area (Å²) in [5.74, 6) is 0.552. The first-order chi connectivity index (χ1) is 8.25. The molecule has 6 heteroatoms. The monoisotopic (exact) mass is 273 g/mol. The Hall–Kier alpha value is -1.14. The second-order valence-electron chi connectivity index (χ2n) is 3.14. The Morgan fingerprint density at radius 2 is 2.41 bits per heavy atom. The van der Waals surface area contributed by atoms with Crippen LogP contribution in [0.2, 0.25) is 0 Å². The minimum absolute atomic E-state index is 0.321. The van der Waals surface area contributed by atoms with Crippen LogP contribution in [0.1, 0.15) is 6.42 Å². The van der Waals surface area contributed by atoms with Crippen LogP contribution in [0.15, 0.2) is 45.4 Å². The Bertz CT molecular complexity index is 489. The minimum atomic E-state index is -1.64. The molecule has 0 saturated carbocycles. The van der Waals surface area contributed by atoms with E-state index in [-0.39, 0.29) is 0 Å². The summed E-state index contributed by atoms with van der Waals surface area (Å²) in [6.07, 6.45) is -0.409. The van der Waals surface area contributed by atoms with Gasteiger partial charge < -0.3 is 4.52 Å². The van der Waals surface area contributed by atoms with Crippen molar-refractivity contribution in [2.45, 2.75) is 11.5 Å². The second-order valence-corrected chi connectivity index (χ2v) is 5.19. The lowest BCUT2D eigenvalue weighted by Gasteiger charge is -1.90. The van der Waals surface area contributed by atoms with Gasteiger partial charge >= 0.3 is 0 Å². The predicted molar refractivity (Wildman–Crippen MR) is 65.5 cm³/mol. The number of aromatic nitrogens is 1. The summed E-state index contributed by atoms with van der Waals surface area (Å²) in [5, 5.41) is 6.54. The number of hydrogen-bond donors (Lipinski definition) is 0. The van der Waals surface area contributed by atoms with Gasteiger partial charge in [0, 0.05) is 11.8 Å². The molecule has 0 spiro atoms. The third-order valence-electron chi connectivity index (χ3n) is 1.92.